The number of pyridine rings is 2. The molecule has 252 valence electrons. The van der Waals surface area contributed by atoms with Gasteiger partial charge in [-0.15, -0.1) is 0 Å². The zero-order valence-corrected chi connectivity index (χ0v) is 29.8. The van der Waals surface area contributed by atoms with Crippen LogP contribution in [0.5, 0.6) is 0 Å². The molecule has 4 heteroatoms. The fraction of sp³-hybridized carbons (Fsp3) is 0.167. The van der Waals surface area contributed by atoms with Gasteiger partial charge in [-0.2, -0.15) is 0 Å². The number of nitrogens with zero attached hydrogens (tertiary/aromatic N) is 3. The molecule has 0 radical (unpaired) electrons. The molecule has 52 heavy (non-hydrogen) atoms. The Hall–Kier alpha value is -5.45. The van der Waals surface area contributed by atoms with Gasteiger partial charge in [-0.3, -0.25) is 4.98 Å². The van der Waals surface area contributed by atoms with E-state index < -0.39 is 0 Å². The molecular weight excluding hydrogens is 651 g/mol. The Morgan fingerprint density at radius 1 is 0.635 bits per heavy atom. The summed E-state index contributed by atoms with van der Waals surface area (Å²) in [5.41, 5.74) is 12.6. The van der Waals surface area contributed by atoms with E-state index in [1.165, 1.54) is 54.2 Å². The van der Waals surface area contributed by atoms with Gasteiger partial charge in [-0.1, -0.05) is 127 Å². The molecule has 10 rings (SSSR count). The van der Waals surface area contributed by atoms with Gasteiger partial charge < -0.3 is 4.90 Å². The number of rotatable bonds is 6. The molecule has 3 aromatic carbocycles. The van der Waals surface area contributed by atoms with Crippen LogP contribution in [0.2, 0.25) is 0 Å². The predicted octanol–water partition coefficient (Wildman–Crippen LogP) is 12.1. The number of thioether (sulfide) groups is 1. The lowest BCUT2D eigenvalue weighted by Gasteiger charge is -2.38. The molecule has 5 aliphatic rings. The van der Waals surface area contributed by atoms with Crippen molar-refractivity contribution in [1.82, 2.24) is 14.9 Å². The standard InChI is InChI=1S/C48H39N3S/c1-4-10-43-33(7-1)19-28-45(49-43)35-15-24-39(25-16-35)51(40-26-17-36(18-27-40)46-29-20-34-8-2-5-11-44(34)50-46)38-22-13-32(14-23-38)37-21-30-48-42(31-37)41-9-3-6-12-47(41)52-48/h1-13,15-17,19-22,24,26-30,36,39,42H,14,18,23,25,31H2. The maximum atomic E-state index is 5.04. The molecule has 0 saturated carbocycles. The molecule has 0 saturated heterocycles. The van der Waals surface area contributed by atoms with Crippen LogP contribution in [-0.4, -0.2) is 20.9 Å². The zero-order valence-electron chi connectivity index (χ0n) is 29.0. The number of aromatic nitrogens is 2. The highest BCUT2D eigenvalue weighted by Crippen LogP contribution is 2.53. The highest BCUT2D eigenvalue weighted by molar-refractivity contribution is 8.03. The highest BCUT2D eigenvalue weighted by atomic mass is 32.2. The second kappa shape index (κ2) is 13.3. The van der Waals surface area contributed by atoms with Gasteiger partial charge in [-0.25, -0.2) is 4.98 Å². The van der Waals surface area contributed by atoms with Crippen molar-refractivity contribution in [3.8, 4) is 0 Å². The first kappa shape index (κ1) is 31.3. The summed E-state index contributed by atoms with van der Waals surface area (Å²) < 4.78 is 0. The third-order valence-corrected chi connectivity index (χ3v) is 12.5. The van der Waals surface area contributed by atoms with E-state index in [4.69, 9.17) is 9.97 Å². The first-order valence-electron chi connectivity index (χ1n) is 18.6. The van der Waals surface area contributed by atoms with Gasteiger partial charge in [0.15, 0.2) is 0 Å². The second-order valence-corrected chi connectivity index (χ2v) is 15.5. The van der Waals surface area contributed by atoms with Crippen molar-refractivity contribution >= 4 is 39.1 Å². The van der Waals surface area contributed by atoms with Crippen molar-refractivity contribution in [1.29, 1.82) is 0 Å². The Morgan fingerprint density at radius 2 is 1.42 bits per heavy atom. The number of hydrogen-bond acceptors (Lipinski definition) is 4. The molecule has 0 fully saturated rings. The minimum atomic E-state index is 0.225. The van der Waals surface area contributed by atoms with Crippen molar-refractivity contribution < 1.29 is 0 Å². The quantitative estimate of drug-likeness (QED) is 0.177. The van der Waals surface area contributed by atoms with Crippen molar-refractivity contribution in [2.24, 2.45) is 0 Å². The minimum Gasteiger partial charge on any atom is -0.338 e. The highest BCUT2D eigenvalue weighted by Gasteiger charge is 2.32. The molecule has 0 spiro atoms. The van der Waals surface area contributed by atoms with Crippen molar-refractivity contribution in [3.05, 3.63) is 202 Å². The van der Waals surface area contributed by atoms with Crippen LogP contribution in [0.3, 0.4) is 0 Å². The van der Waals surface area contributed by atoms with Gasteiger partial charge in [0, 0.05) is 44.6 Å². The molecule has 3 atom stereocenters. The van der Waals surface area contributed by atoms with Crippen molar-refractivity contribution in [2.45, 2.75) is 54.9 Å². The van der Waals surface area contributed by atoms with Crippen molar-refractivity contribution in [3.63, 3.8) is 0 Å². The van der Waals surface area contributed by atoms with Gasteiger partial charge in [0.2, 0.25) is 0 Å². The Balaban J connectivity index is 0.932. The molecule has 4 aliphatic carbocycles. The lowest BCUT2D eigenvalue weighted by Crippen LogP contribution is -2.34. The summed E-state index contributed by atoms with van der Waals surface area (Å²) in [5, 5.41) is 2.36. The Kier molecular flexibility index (Phi) is 7.98. The first-order valence-corrected chi connectivity index (χ1v) is 19.4. The van der Waals surface area contributed by atoms with Crippen LogP contribution >= 0.6 is 11.8 Å². The number of para-hydroxylation sites is 2. The summed E-state index contributed by atoms with van der Waals surface area (Å²) in [6.07, 6.45) is 28.8. The Bertz CT molecular complexity index is 2510. The molecule has 2 aromatic heterocycles. The largest absolute Gasteiger partial charge is 0.338 e. The van der Waals surface area contributed by atoms with Gasteiger partial charge in [0.1, 0.15) is 0 Å². The van der Waals surface area contributed by atoms with Crippen LogP contribution < -0.4 is 0 Å². The number of hydrogen-bond donors (Lipinski definition) is 0. The van der Waals surface area contributed by atoms with E-state index in [2.05, 4.69) is 163 Å². The fourth-order valence-electron chi connectivity index (χ4n) is 8.46. The molecule has 0 N–H and O–H groups in total. The monoisotopic (exact) mass is 689 g/mol. The zero-order chi connectivity index (χ0) is 34.4. The average Bonchev–Trinajstić information content (AvgIpc) is 3.59. The fourth-order valence-corrected chi connectivity index (χ4v) is 9.68. The summed E-state index contributed by atoms with van der Waals surface area (Å²) in [4.78, 5) is 15.6. The summed E-state index contributed by atoms with van der Waals surface area (Å²) in [6, 6.07) is 34.7. The molecule has 0 bridgehead atoms. The summed E-state index contributed by atoms with van der Waals surface area (Å²) >= 11 is 1.95. The molecule has 3 heterocycles. The lowest BCUT2D eigenvalue weighted by molar-refractivity contribution is 0.354. The van der Waals surface area contributed by atoms with Crippen LogP contribution in [0, 0.1) is 0 Å². The van der Waals surface area contributed by atoms with E-state index >= 15 is 0 Å². The van der Waals surface area contributed by atoms with E-state index in [9.17, 15) is 0 Å². The second-order valence-electron chi connectivity index (χ2n) is 14.3. The van der Waals surface area contributed by atoms with Gasteiger partial charge in [0.05, 0.1) is 22.8 Å². The lowest BCUT2D eigenvalue weighted by atomic mass is 9.83. The Labute approximate surface area is 309 Å². The topological polar surface area (TPSA) is 29.0 Å². The smallest absolute Gasteiger partial charge is 0.0709 e. The van der Waals surface area contributed by atoms with Crippen LogP contribution in [0.1, 0.15) is 60.9 Å². The van der Waals surface area contributed by atoms with Crippen LogP contribution in [0.4, 0.5) is 0 Å². The Morgan fingerprint density at radius 3 is 2.21 bits per heavy atom. The third kappa shape index (κ3) is 5.81. The normalized spacial score (nSPS) is 22.1. The van der Waals surface area contributed by atoms with E-state index in [0.29, 0.717) is 5.92 Å². The SMILES string of the molecule is C1=CC(N(C2=CCC(c3ccc4ccccc4n3)C=C2)C2=CC=C(C3=CC=C4Sc5ccccc5C4C3)CC2)CC=C1c1ccc2ccccc2n1. The number of benzene rings is 3. The summed E-state index contributed by atoms with van der Waals surface area (Å²) in [6.45, 7) is 0. The third-order valence-electron chi connectivity index (χ3n) is 11.2. The molecule has 3 unspecified atom stereocenters. The number of allylic oxidation sites excluding steroid dienone is 13. The minimum absolute atomic E-state index is 0.225. The molecule has 0 amide bonds. The van der Waals surface area contributed by atoms with Gasteiger partial charge >= 0.3 is 0 Å². The predicted molar refractivity (Wildman–Crippen MR) is 217 cm³/mol. The van der Waals surface area contributed by atoms with Crippen LogP contribution in [0.25, 0.3) is 27.4 Å². The summed E-state index contributed by atoms with van der Waals surface area (Å²) in [7, 11) is 0. The first-order chi connectivity index (χ1) is 25.7. The van der Waals surface area contributed by atoms with E-state index in [1.54, 1.807) is 0 Å². The maximum Gasteiger partial charge on any atom is 0.0709 e. The molecular formula is C48H39N3S. The van der Waals surface area contributed by atoms with E-state index in [1.807, 2.05) is 11.8 Å². The van der Waals surface area contributed by atoms with Gasteiger partial charge in [-0.05, 0) is 102 Å². The van der Waals surface area contributed by atoms with Crippen molar-refractivity contribution in [2.75, 3.05) is 0 Å². The average molecular weight is 690 g/mol. The molecule has 1 aliphatic heterocycles. The van der Waals surface area contributed by atoms with Crippen LogP contribution in [0.15, 0.2) is 190 Å². The van der Waals surface area contributed by atoms with Crippen LogP contribution in [-0.2, 0) is 0 Å². The van der Waals surface area contributed by atoms with E-state index in [-0.39, 0.29) is 12.0 Å². The van der Waals surface area contributed by atoms with E-state index in [0.717, 1.165) is 54.5 Å². The molecule has 3 nitrogen and oxygen atoms in total. The summed E-state index contributed by atoms with van der Waals surface area (Å²) in [5.74, 6) is 0.765. The maximum absolute atomic E-state index is 5.04. The number of fused-ring (bicyclic) bond motifs is 5. The molecule has 5 aromatic rings. The van der Waals surface area contributed by atoms with Gasteiger partial charge in [0.25, 0.3) is 0 Å².